The molecule has 1 fully saturated rings. The predicted octanol–water partition coefficient (Wildman–Crippen LogP) is 3.82. The lowest BCUT2D eigenvalue weighted by Crippen LogP contribution is -2.16. The molecular weight excluding hydrogens is 395 g/mol. The Morgan fingerprint density at radius 1 is 1.21 bits per heavy atom. The second-order valence-corrected chi connectivity index (χ2v) is 6.21. The molecule has 9 heteroatoms. The lowest BCUT2D eigenvalue weighted by atomic mass is 10.2. The molecule has 1 unspecified atom stereocenters. The molecule has 1 aromatic heterocycles. The number of methoxy groups -OCH3 is 1. The average molecular weight is 418 g/mol. The molecule has 3 N–H and O–H groups in total. The Bertz CT molecular complexity index is 983. The van der Waals surface area contributed by atoms with Crippen LogP contribution in [0.1, 0.15) is 6.42 Å². The fraction of sp³-hybridized carbons (Fsp3) is 0.300. The van der Waals surface area contributed by atoms with E-state index >= 15 is 0 Å². The number of nitrogens with one attached hydrogen (secondary N) is 1. The van der Waals surface area contributed by atoms with Crippen molar-refractivity contribution in [3.05, 3.63) is 42.5 Å². The number of hydrogen-bond donors (Lipinski definition) is 3. The van der Waals surface area contributed by atoms with E-state index in [2.05, 4.69) is 27.9 Å². The van der Waals surface area contributed by atoms with Crippen LogP contribution in [0.4, 0.5) is 21.6 Å². The topological polar surface area (TPSA) is 91.5 Å². The molecule has 2 heterocycles. The van der Waals surface area contributed by atoms with Gasteiger partial charge in [-0.25, -0.2) is 14.4 Å². The standard InChI is InChI=1S/C19H19FN4O3.CH4S/c1-25-17-8-12(21)7-15-18(17)19(23-10-22-15)24-14-3-2-11(20)6-16(14)27-13-4-5-26-9-13;1-2/h2-3,6-8,10,13H,4-5,9,21H2,1H3,(H,22,23,24);2H,1H3. The number of hydrogen-bond acceptors (Lipinski definition) is 8. The van der Waals surface area contributed by atoms with Crippen molar-refractivity contribution in [3.63, 3.8) is 0 Å². The summed E-state index contributed by atoms with van der Waals surface area (Å²) >= 11 is 3.53. The molecule has 0 radical (unpaired) electrons. The summed E-state index contributed by atoms with van der Waals surface area (Å²) < 4.78 is 30.5. The second kappa shape index (κ2) is 9.62. The van der Waals surface area contributed by atoms with E-state index in [-0.39, 0.29) is 11.9 Å². The van der Waals surface area contributed by atoms with Gasteiger partial charge in [-0.15, -0.1) is 0 Å². The summed E-state index contributed by atoms with van der Waals surface area (Å²) in [5.41, 5.74) is 7.66. The molecule has 0 spiro atoms. The van der Waals surface area contributed by atoms with E-state index in [0.717, 1.165) is 6.42 Å². The van der Waals surface area contributed by atoms with Gasteiger partial charge < -0.3 is 25.3 Å². The molecule has 29 heavy (non-hydrogen) atoms. The number of thiol groups is 1. The van der Waals surface area contributed by atoms with Gasteiger partial charge in [-0.3, -0.25) is 0 Å². The van der Waals surface area contributed by atoms with Crippen molar-refractivity contribution in [1.29, 1.82) is 0 Å². The van der Waals surface area contributed by atoms with Gasteiger partial charge in [0, 0.05) is 24.2 Å². The number of anilines is 3. The molecule has 1 saturated heterocycles. The minimum absolute atomic E-state index is 0.108. The average Bonchev–Trinajstić information content (AvgIpc) is 3.24. The van der Waals surface area contributed by atoms with E-state index in [1.54, 1.807) is 31.6 Å². The van der Waals surface area contributed by atoms with Crippen LogP contribution in [-0.2, 0) is 4.74 Å². The minimum Gasteiger partial charge on any atom is -0.496 e. The molecule has 2 aromatic carbocycles. The lowest BCUT2D eigenvalue weighted by Gasteiger charge is -2.17. The summed E-state index contributed by atoms with van der Waals surface area (Å²) in [4.78, 5) is 8.57. The van der Waals surface area contributed by atoms with Gasteiger partial charge >= 0.3 is 0 Å². The van der Waals surface area contributed by atoms with E-state index in [1.165, 1.54) is 18.5 Å². The number of rotatable bonds is 5. The maximum absolute atomic E-state index is 13.8. The van der Waals surface area contributed by atoms with Gasteiger partial charge in [-0.05, 0) is 24.5 Å². The van der Waals surface area contributed by atoms with Gasteiger partial charge in [0.25, 0.3) is 0 Å². The minimum atomic E-state index is -0.382. The first-order chi connectivity index (χ1) is 14.1. The Kier molecular flexibility index (Phi) is 6.95. The Labute approximate surface area is 173 Å². The third kappa shape index (κ3) is 4.80. The van der Waals surface area contributed by atoms with Crippen molar-refractivity contribution >= 4 is 40.7 Å². The van der Waals surface area contributed by atoms with Crippen LogP contribution in [0.15, 0.2) is 36.7 Å². The Morgan fingerprint density at radius 3 is 2.76 bits per heavy atom. The predicted molar refractivity (Wildman–Crippen MR) is 115 cm³/mol. The molecule has 0 saturated carbocycles. The lowest BCUT2D eigenvalue weighted by molar-refractivity contribution is 0.141. The van der Waals surface area contributed by atoms with Gasteiger partial charge in [0.1, 0.15) is 35.6 Å². The maximum Gasteiger partial charge on any atom is 0.146 e. The first-order valence-corrected chi connectivity index (χ1v) is 9.87. The molecule has 3 aromatic rings. The van der Waals surface area contributed by atoms with Crippen molar-refractivity contribution in [1.82, 2.24) is 9.97 Å². The molecule has 1 aliphatic rings. The summed E-state index contributed by atoms with van der Waals surface area (Å²) in [5.74, 6) is 1.07. The van der Waals surface area contributed by atoms with Gasteiger partial charge in [0.05, 0.1) is 36.9 Å². The third-order valence-electron chi connectivity index (χ3n) is 4.32. The van der Waals surface area contributed by atoms with Crippen LogP contribution in [0, 0.1) is 5.82 Å². The largest absolute Gasteiger partial charge is 0.496 e. The van der Waals surface area contributed by atoms with E-state index in [0.29, 0.717) is 52.8 Å². The second-order valence-electron chi connectivity index (χ2n) is 6.21. The van der Waals surface area contributed by atoms with Crippen molar-refractivity contribution < 1.29 is 18.6 Å². The number of nitrogens with zero attached hydrogens (tertiary/aromatic N) is 2. The maximum atomic E-state index is 13.8. The van der Waals surface area contributed by atoms with Crippen LogP contribution in [0.25, 0.3) is 10.9 Å². The number of aromatic nitrogens is 2. The van der Waals surface area contributed by atoms with E-state index in [1.807, 2.05) is 0 Å². The van der Waals surface area contributed by atoms with Crippen LogP contribution in [0.3, 0.4) is 0 Å². The zero-order valence-corrected chi connectivity index (χ0v) is 17.1. The van der Waals surface area contributed by atoms with Crippen LogP contribution in [-0.4, -0.2) is 42.7 Å². The SMILES string of the molecule is COc1cc(N)cc2ncnc(Nc3ccc(F)cc3OC3CCOC3)c12.CS. The Balaban J connectivity index is 0.00000117. The van der Waals surface area contributed by atoms with Crippen molar-refractivity contribution in [2.24, 2.45) is 0 Å². The number of ether oxygens (including phenoxy) is 3. The van der Waals surface area contributed by atoms with Crippen LogP contribution in [0.5, 0.6) is 11.5 Å². The zero-order chi connectivity index (χ0) is 20.8. The first kappa shape index (κ1) is 20.9. The van der Waals surface area contributed by atoms with Crippen LogP contribution >= 0.6 is 12.6 Å². The molecular formula is C20H23FN4O3S. The highest BCUT2D eigenvalue weighted by Crippen LogP contribution is 2.36. The van der Waals surface area contributed by atoms with Crippen molar-refractivity contribution in [3.8, 4) is 11.5 Å². The molecule has 7 nitrogen and oxygen atoms in total. The van der Waals surface area contributed by atoms with E-state index in [9.17, 15) is 4.39 Å². The fourth-order valence-electron chi connectivity index (χ4n) is 3.04. The highest BCUT2D eigenvalue weighted by atomic mass is 32.1. The van der Waals surface area contributed by atoms with Crippen molar-refractivity contribution in [2.75, 3.05) is 37.6 Å². The smallest absolute Gasteiger partial charge is 0.146 e. The van der Waals surface area contributed by atoms with E-state index < -0.39 is 0 Å². The summed E-state index contributed by atoms with van der Waals surface area (Å²) in [6.45, 7) is 1.12. The van der Waals surface area contributed by atoms with Gasteiger partial charge in [-0.1, -0.05) is 0 Å². The Morgan fingerprint density at radius 2 is 2.03 bits per heavy atom. The third-order valence-corrected chi connectivity index (χ3v) is 4.32. The highest BCUT2D eigenvalue weighted by molar-refractivity contribution is 7.79. The molecule has 0 bridgehead atoms. The normalized spacial score (nSPS) is 15.5. The van der Waals surface area contributed by atoms with Crippen molar-refractivity contribution in [2.45, 2.75) is 12.5 Å². The quantitative estimate of drug-likeness (QED) is 0.429. The number of halogens is 1. The number of benzene rings is 2. The fourth-order valence-corrected chi connectivity index (χ4v) is 3.04. The highest BCUT2D eigenvalue weighted by Gasteiger charge is 2.20. The zero-order valence-electron chi connectivity index (χ0n) is 16.2. The summed E-state index contributed by atoms with van der Waals surface area (Å²) in [5, 5.41) is 3.88. The molecule has 4 rings (SSSR count). The summed E-state index contributed by atoms with van der Waals surface area (Å²) in [7, 11) is 1.55. The number of nitrogens with two attached hydrogens (primary N) is 1. The molecule has 0 aliphatic carbocycles. The summed E-state index contributed by atoms with van der Waals surface area (Å²) in [6.07, 6.45) is 3.78. The van der Waals surface area contributed by atoms with Gasteiger partial charge in [-0.2, -0.15) is 12.6 Å². The van der Waals surface area contributed by atoms with Crippen LogP contribution < -0.4 is 20.5 Å². The summed E-state index contributed by atoms with van der Waals surface area (Å²) in [6, 6.07) is 7.76. The Hall–Kier alpha value is -2.78. The monoisotopic (exact) mass is 418 g/mol. The molecule has 1 aliphatic heterocycles. The van der Waals surface area contributed by atoms with Crippen LogP contribution in [0.2, 0.25) is 0 Å². The number of fused-ring (bicyclic) bond motifs is 1. The van der Waals surface area contributed by atoms with Gasteiger partial charge in [0.2, 0.25) is 0 Å². The molecule has 0 amide bonds. The number of nitrogen functional groups attached to an aromatic ring is 1. The van der Waals surface area contributed by atoms with E-state index in [4.69, 9.17) is 19.9 Å². The van der Waals surface area contributed by atoms with Gasteiger partial charge in [0.15, 0.2) is 0 Å². The molecule has 154 valence electrons. The molecule has 1 atom stereocenters. The first-order valence-electron chi connectivity index (χ1n) is 8.98.